The van der Waals surface area contributed by atoms with E-state index in [1.165, 1.54) is 10.9 Å². The van der Waals surface area contributed by atoms with Crippen molar-refractivity contribution in [3.8, 4) is 0 Å². The summed E-state index contributed by atoms with van der Waals surface area (Å²) in [5.74, 6) is 0.254. The van der Waals surface area contributed by atoms with E-state index in [4.69, 9.17) is 10.5 Å². The summed E-state index contributed by atoms with van der Waals surface area (Å²) < 4.78 is 31.9. The number of hydrogen-bond acceptors (Lipinski definition) is 12. The average molecular weight is 558 g/mol. The third-order valence-electron chi connectivity index (χ3n) is 6.01. The zero-order valence-corrected chi connectivity index (χ0v) is 22.6. The molecule has 0 aliphatic carbocycles. The van der Waals surface area contributed by atoms with Crippen LogP contribution in [-0.4, -0.2) is 101 Å². The SMILES string of the molecule is CCCNC[C@H]1O[C@@H](n2cnc3c(N)nc(NCCNC(=O)CCCCCNS(C)(=O)=O)nc32)[C@H](O)[C@@H]1O. The lowest BCUT2D eigenvalue weighted by atomic mass is 10.1. The normalized spacial score (nSPS) is 21.7. The van der Waals surface area contributed by atoms with Gasteiger partial charge in [-0.1, -0.05) is 13.3 Å². The van der Waals surface area contributed by atoms with E-state index >= 15 is 0 Å². The van der Waals surface area contributed by atoms with Crippen molar-refractivity contribution in [3.63, 3.8) is 0 Å². The lowest BCUT2D eigenvalue weighted by molar-refractivity contribution is -0.121. The third kappa shape index (κ3) is 8.44. The summed E-state index contributed by atoms with van der Waals surface area (Å²) in [7, 11) is -3.18. The number of nitrogens with zero attached hydrogens (tertiary/aromatic N) is 4. The topological polar surface area (TPSA) is 219 Å². The maximum absolute atomic E-state index is 12.0. The molecule has 1 fully saturated rings. The highest BCUT2D eigenvalue weighted by atomic mass is 32.2. The molecule has 0 aromatic carbocycles. The monoisotopic (exact) mass is 557 g/mol. The first-order valence-electron chi connectivity index (χ1n) is 12.8. The van der Waals surface area contributed by atoms with Crippen molar-refractivity contribution in [2.75, 3.05) is 50.0 Å². The minimum absolute atomic E-state index is 0.106. The number of anilines is 2. The maximum atomic E-state index is 12.0. The van der Waals surface area contributed by atoms with Crippen LogP contribution in [-0.2, 0) is 19.6 Å². The molecule has 1 aliphatic rings. The Morgan fingerprint density at radius 1 is 1.13 bits per heavy atom. The van der Waals surface area contributed by atoms with E-state index < -0.39 is 34.6 Å². The minimum atomic E-state index is -3.18. The number of sulfonamides is 1. The number of fused-ring (bicyclic) bond motifs is 1. The van der Waals surface area contributed by atoms with Gasteiger partial charge in [-0.15, -0.1) is 0 Å². The number of nitrogen functional groups attached to an aromatic ring is 1. The van der Waals surface area contributed by atoms with Gasteiger partial charge in [-0.25, -0.2) is 18.1 Å². The van der Waals surface area contributed by atoms with Gasteiger partial charge in [0, 0.05) is 32.6 Å². The fraction of sp³-hybridized carbons (Fsp3) is 0.727. The van der Waals surface area contributed by atoms with Crippen molar-refractivity contribution in [3.05, 3.63) is 6.33 Å². The number of imidazole rings is 1. The van der Waals surface area contributed by atoms with Gasteiger partial charge in [-0.2, -0.15) is 9.97 Å². The summed E-state index contributed by atoms with van der Waals surface area (Å²) in [6.07, 6.45) is 2.15. The molecule has 214 valence electrons. The molecule has 2 aromatic heterocycles. The molecule has 38 heavy (non-hydrogen) atoms. The standard InChI is InChI=1S/C22H39N9O6S/c1-3-8-24-12-14-17(33)18(34)21(37-14)31-13-27-16-19(23)29-22(30-20(16)31)26-11-10-25-15(32)7-5-4-6-9-28-38(2,35)36/h13-14,17-18,21,24,28,33-34H,3-12H2,1-2H3,(H,25,32)(H3,23,26,29,30)/t14-,17-,18-,21-/m1/s1. The molecule has 1 amide bonds. The van der Waals surface area contributed by atoms with Crippen LogP contribution in [0, 0.1) is 0 Å². The minimum Gasteiger partial charge on any atom is -0.387 e. The predicted octanol–water partition coefficient (Wildman–Crippen LogP) is -1.33. The summed E-state index contributed by atoms with van der Waals surface area (Å²) in [4.78, 5) is 24.9. The molecule has 0 unspecified atom stereocenters. The van der Waals surface area contributed by atoms with Gasteiger partial charge in [0.15, 0.2) is 17.7 Å². The van der Waals surface area contributed by atoms with Crippen molar-refractivity contribution in [2.45, 2.75) is 63.6 Å². The number of unbranched alkanes of at least 4 members (excludes halogenated alkanes) is 2. The van der Waals surface area contributed by atoms with Crippen LogP contribution in [0.4, 0.5) is 11.8 Å². The lowest BCUT2D eigenvalue weighted by Gasteiger charge is -2.17. The molecule has 8 N–H and O–H groups in total. The highest BCUT2D eigenvalue weighted by Gasteiger charge is 2.44. The molecule has 15 nitrogen and oxygen atoms in total. The van der Waals surface area contributed by atoms with Crippen LogP contribution in [0.5, 0.6) is 0 Å². The number of aliphatic hydroxyl groups is 2. The van der Waals surface area contributed by atoms with E-state index in [1.54, 1.807) is 0 Å². The maximum Gasteiger partial charge on any atom is 0.226 e. The number of carbonyl (C=O) groups is 1. The van der Waals surface area contributed by atoms with Gasteiger partial charge in [0.1, 0.15) is 23.8 Å². The zero-order valence-electron chi connectivity index (χ0n) is 21.8. The Labute approximate surface area is 222 Å². The fourth-order valence-electron chi connectivity index (χ4n) is 4.06. The number of aliphatic hydroxyl groups excluding tert-OH is 2. The van der Waals surface area contributed by atoms with E-state index in [0.29, 0.717) is 56.6 Å². The average Bonchev–Trinajstić information content (AvgIpc) is 3.40. The zero-order chi connectivity index (χ0) is 27.7. The second kappa shape index (κ2) is 14.0. The van der Waals surface area contributed by atoms with Crippen molar-refractivity contribution in [2.24, 2.45) is 0 Å². The highest BCUT2D eigenvalue weighted by Crippen LogP contribution is 2.32. The number of ether oxygens (including phenoxy) is 1. The largest absolute Gasteiger partial charge is 0.387 e. The first-order valence-corrected chi connectivity index (χ1v) is 14.7. The van der Waals surface area contributed by atoms with E-state index in [0.717, 1.165) is 25.6 Å². The van der Waals surface area contributed by atoms with Gasteiger partial charge in [0.25, 0.3) is 0 Å². The number of aromatic nitrogens is 4. The Hall–Kier alpha value is -2.63. The first-order chi connectivity index (χ1) is 18.1. The van der Waals surface area contributed by atoms with Gasteiger partial charge in [0.05, 0.1) is 12.6 Å². The second-order valence-electron chi connectivity index (χ2n) is 9.26. The number of rotatable bonds is 16. The molecule has 16 heteroatoms. The van der Waals surface area contributed by atoms with Gasteiger partial charge in [-0.05, 0) is 25.8 Å². The third-order valence-corrected chi connectivity index (χ3v) is 6.74. The number of hydrogen-bond donors (Lipinski definition) is 7. The Morgan fingerprint density at radius 3 is 2.66 bits per heavy atom. The Bertz CT molecular complexity index is 1160. The van der Waals surface area contributed by atoms with Crippen LogP contribution in [0.1, 0.15) is 45.3 Å². The smallest absolute Gasteiger partial charge is 0.226 e. The molecule has 0 spiro atoms. The molecule has 3 heterocycles. The van der Waals surface area contributed by atoms with Crippen LogP contribution in [0.25, 0.3) is 11.2 Å². The number of nitrogens with two attached hydrogens (primary N) is 1. The molecule has 0 bridgehead atoms. The molecular weight excluding hydrogens is 518 g/mol. The Morgan fingerprint density at radius 2 is 1.92 bits per heavy atom. The van der Waals surface area contributed by atoms with Crippen LogP contribution in [0.2, 0.25) is 0 Å². The van der Waals surface area contributed by atoms with E-state index in [9.17, 15) is 23.4 Å². The summed E-state index contributed by atoms with van der Waals surface area (Å²) >= 11 is 0. The van der Waals surface area contributed by atoms with Crippen molar-refractivity contribution < 1.29 is 28.2 Å². The molecule has 4 atom stereocenters. The van der Waals surface area contributed by atoms with E-state index in [1.807, 2.05) is 6.92 Å². The number of amides is 1. The molecule has 2 aromatic rings. The van der Waals surface area contributed by atoms with Crippen LogP contribution in [0.15, 0.2) is 6.33 Å². The van der Waals surface area contributed by atoms with E-state index in [2.05, 4.69) is 35.6 Å². The van der Waals surface area contributed by atoms with Crippen LogP contribution in [0.3, 0.4) is 0 Å². The van der Waals surface area contributed by atoms with Gasteiger partial charge < -0.3 is 36.6 Å². The second-order valence-corrected chi connectivity index (χ2v) is 11.1. The lowest BCUT2D eigenvalue weighted by Crippen LogP contribution is -2.37. The molecular formula is C22H39N9O6S. The Kier molecular flexibility index (Phi) is 11.0. The van der Waals surface area contributed by atoms with Gasteiger partial charge in [0.2, 0.25) is 21.9 Å². The van der Waals surface area contributed by atoms with E-state index in [-0.39, 0.29) is 17.7 Å². The summed E-state index contributed by atoms with van der Waals surface area (Å²) in [6.45, 7) is 4.23. The molecule has 1 aliphatic heterocycles. The number of nitrogens with one attached hydrogen (secondary N) is 4. The molecule has 0 radical (unpaired) electrons. The number of carbonyl (C=O) groups excluding carboxylic acids is 1. The van der Waals surface area contributed by atoms with Crippen LogP contribution >= 0.6 is 0 Å². The van der Waals surface area contributed by atoms with Crippen molar-refractivity contribution in [1.29, 1.82) is 0 Å². The highest BCUT2D eigenvalue weighted by molar-refractivity contribution is 7.88. The van der Waals surface area contributed by atoms with Crippen LogP contribution < -0.4 is 26.4 Å². The summed E-state index contributed by atoms with van der Waals surface area (Å²) in [5.41, 5.74) is 6.75. The first kappa shape index (κ1) is 29.9. The van der Waals surface area contributed by atoms with Crippen molar-refractivity contribution >= 4 is 38.9 Å². The summed E-state index contributed by atoms with van der Waals surface area (Å²) in [5, 5.41) is 30.0. The van der Waals surface area contributed by atoms with Gasteiger partial charge >= 0.3 is 0 Å². The van der Waals surface area contributed by atoms with Gasteiger partial charge in [-0.3, -0.25) is 9.36 Å². The quantitative estimate of drug-likeness (QED) is 0.119. The predicted molar refractivity (Wildman–Crippen MR) is 142 cm³/mol. The molecule has 1 saturated heterocycles. The summed E-state index contributed by atoms with van der Waals surface area (Å²) in [6, 6.07) is 0. The fourth-order valence-corrected chi connectivity index (χ4v) is 4.58. The van der Waals surface area contributed by atoms with Crippen molar-refractivity contribution in [1.82, 2.24) is 34.9 Å². The Balaban J connectivity index is 1.48. The molecule has 3 rings (SSSR count). The molecule has 0 saturated carbocycles.